The SMILES string of the molecule is Cc1csc(NC(=O)CCC(=O)N(CC(=O)NC2CCCCC2)c2ccc(Cl)c(Cl)c2)n1. The number of thiazole rings is 1. The fraction of sp³-hybridized carbons (Fsp3) is 0.455. The van der Waals surface area contributed by atoms with Crippen molar-refractivity contribution in [3.05, 3.63) is 39.3 Å². The van der Waals surface area contributed by atoms with Crippen LogP contribution in [0.5, 0.6) is 0 Å². The maximum Gasteiger partial charge on any atom is 0.240 e. The van der Waals surface area contributed by atoms with Gasteiger partial charge < -0.3 is 15.5 Å². The minimum atomic E-state index is -0.354. The average Bonchev–Trinajstić information content (AvgIpc) is 3.17. The zero-order valence-electron chi connectivity index (χ0n) is 17.8. The monoisotopic (exact) mass is 496 g/mol. The van der Waals surface area contributed by atoms with E-state index in [9.17, 15) is 14.4 Å². The van der Waals surface area contributed by atoms with Crippen molar-refractivity contribution in [2.75, 3.05) is 16.8 Å². The Kier molecular flexibility index (Phi) is 8.90. The molecule has 1 heterocycles. The van der Waals surface area contributed by atoms with E-state index in [1.165, 1.54) is 22.7 Å². The third-order valence-corrected chi connectivity index (χ3v) is 6.83. The van der Waals surface area contributed by atoms with Gasteiger partial charge in [0.2, 0.25) is 17.7 Å². The molecule has 1 fully saturated rings. The number of hydrogen-bond acceptors (Lipinski definition) is 5. The van der Waals surface area contributed by atoms with Gasteiger partial charge in [-0.15, -0.1) is 11.3 Å². The number of nitrogens with one attached hydrogen (secondary N) is 2. The average molecular weight is 497 g/mol. The van der Waals surface area contributed by atoms with E-state index in [0.717, 1.165) is 31.4 Å². The normalized spacial score (nSPS) is 14.1. The minimum Gasteiger partial charge on any atom is -0.352 e. The Bertz CT molecular complexity index is 976. The van der Waals surface area contributed by atoms with Crippen molar-refractivity contribution in [3.63, 3.8) is 0 Å². The highest BCUT2D eigenvalue weighted by Crippen LogP contribution is 2.28. The summed E-state index contributed by atoms with van der Waals surface area (Å²) in [6, 6.07) is 4.90. The second-order valence-corrected chi connectivity index (χ2v) is 9.50. The molecule has 2 aromatic rings. The van der Waals surface area contributed by atoms with Gasteiger partial charge in [-0.05, 0) is 38.0 Å². The van der Waals surface area contributed by atoms with E-state index >= 15 is 0 Å². The molecule has 1 saturated carbocycles. The van der Waals surface area contributed by atoms with Gasteiger partial charge in [-0.2, -0.15) is 0 Å². The molecule has 32 heavy (non-hydrogen) atoms. The lowest BCUT2D eigenvalue weighted by molar-refractivity contribution is -0.125. The fourth-order valence-corrected chi connectivity index (χ4v) is 4.59. The van der Waals surface area contributed by atoms with Gasteiger partial charge in [0, 0.05) is 30.0 Å². The Balaban J connectivity index is 1.64. The first-order chi connectivity index (χ1) is 15.3. The summed E-state index contributed by atoms with van der Waals surface area (Å²) in [7, 11) is 0. The van der Waals surface area contributed by atoms with Crippen molar-refractivity contribution in [1.82, 2.24) is 10.3 Å². The lowest BCUT2D eigenvalue weighted by atomic mass is 9.95. The molecule has 0 radical (unpaired) electrons. The summed E-state index contributed by atoms with van der Waals surface area (Å²) in [5.41, 5.74) is 1.27. The van der Waals surface area contributed by atoms with Crippen LogP contribution in [-0.2, 0) is 14.4 Å². The largest absolute Gasteiger partial charge is 0.352 e. The maximum absolute atomic E-state index is 13.0. The summed E-state index contributed by atoms with van der Waals surface area (Å²) >= 11 is 13.5. The third kappa shape index (κ3) is 7.18. The fourth-order valence-electron chi connectivity index (χ4n) is 3.59. The third-order valence-electron chi connectivity index (χ3n) is 5.22. The standard InChI is InChI=1S/C22H26Cl2N4O3S/c1-14-13-32-22(25-14)27-19(29)9-10-21(31)28(16-7-8-17(23)18(24)11-16)12-20(30)26-15-5-3-2-4-6-15/h7-8,11,13,15H,2-6,9-10,12H2,1H3,(H,26,30)(H,25,27,29). The Morgan fingerprint density at radius 3 is 2.50 bits per heavy atom. The van der Waals surface area contributed by atoms with Gasteiger partial charge in [0.15, 0.2) is 5.13 Å². The van der Waals surface area contributed by atoms with E-state index in [-0.39, 0.29) is 48.2 Å². The molecule has 3 amide bonds. The maximum atomic E-state index is 13.0. The van der Waals surface area contributed by atoms with Crippen molar-refractivity contribution in [2.24, 2.45) is 0 Å². The Hall–Kier alpha value is -2.16. The summed E-state index contributed by atoms with van der Waals surface area (Å²) < 4.78 is 0. The van der Waals surface area contributed by atoms with Crippen LogP contribution in [0.3, 0.4) is 0 Å². The molecule has 1 aromatic heterocycles. The minimum absolute atomic E-state index is 0.0282. The molecule has 2 N–H and O–H groups in total. The van der Waals surface area contributed by atoms with E-state index in [1.807, 2.05) is 12.3 Å². The molecule has 0 unspecified atom stereocenters. The number of anilines is 2. The lowest BCUT2D eigenvalue weighted by Gasteiger charge is -2.26. The molecular formula is C22H26Cl2N4O3S. The Labute approximate surface area is 201 Å². The van der Waals surface area contributed by atoms with Crippen LogP contribution in [0.2, 0.25) is 10.0 Å². The quantitative estimate of drug-likeness (QED) is 0.540. The number of carbonyl (C=O) groups is 3. The molecule has 10 heteroatoms. The molecule has 1 aliphatic rings. The van der Waals surface area contributed by atoms with Crippen LogP contribution in [0.25, 0.3) is 0 Å². The number of halogens is 2. The van der Waals surface area contributed by atoms with Crippen LogP contribution in [0.1, 0.15) is 50.6 Å². The predicted molar refractivity (Wildman–Crippen MR) is 129 cm³/mol. The number of hydrogen-bond donors (Lipinski definition) is 2. The van der Waals surface area contributed by atoms with Crippen LogP contribution in [0.15, 0.2) is 23.6 Å². The van der Waals surface area contributed by atoms with Gasteiger partial charge in [-0.1, -0.05) is 42.5 Å². The summed E-state index contributed by atoms with van der Waals surface area (Å²) in [6.45, 7) is 1.68. The van der Waals surface area contributed by atoms with Gasteiger partial charge >= 0.3 is 0 Å². The van der Waals surface area contributed by atoms with Crippen molar-refractivity contribution >= 4 is 63.1 Å². The molecule has 0 bridgehead atoms. The Morgan fingerprint density at radius 2 is 1.84 bits per heavy atom. The molecule has 3 rings (SSSR count). The first-order valence-electron chi connectivity index (χ1n) is 10.6. The summed E-state index contributed by atoms with van der Waals surface area (Å²) in [6.07, 6.45) is 5.17. The molecular weight excluding hydrogens is 471 g/mol. The highest BCUT2D eigenvalue weighted by Gasteiger charge is 2.23. The molecule has 0 aliphatic heterocycles. The number of aryl methyl sites for hydroxylation is 1. The first-order valence-corrected chi connectivity index (χ1v) is 12.2. The van der Waals surface area contributed by atoms with Crippen LogP contribution < -0.4 is 15.5 Å². The number of amides is 3. The molecule has 1 aromatic carbocycles. The second-order valence-electron chi connectivity index (χ2n) is 7.82. The van der Waals surface area contributed by atoms with Gasteiger partial charge in [-0.25, -0.2) is 4.98 Å². The molecule has 172 valence electrons. The van der Waals surface area contributed by atoms with Gasteiger partial charge in [0.1, 0.15) is 6.54 Å². The van der Waals surface area contributed by atoms with Gasteiger partial charge in [0.05, 0.1) is 15.7 Å². The predicted octanol–water partition coefficient (Wildman–Crippen LogP) is 4.96. The molecule has 0 atom stereocenters. The van der Waals surface area contributed by atoms with Crippen molar-refractivity contribution in [1.29, 1.82) is 0 Å². The van der Waals surface area contributed by atoms with E-state index in [1.54, 1.807) is 18.2 Å². The highest BCUT2D eigenvalue weighted by molar-refractivity contribution is 7.13. The number of aromatic nitrogens is 1. The van der Waals surface area contributed by atoms with E-state index in [0.29, 0.717) is 15.8 Å². The topological polar surface area (TPSA) is 91.4 Å². The number of carbonyl (C=O) groups excluding carboxylic acids is 3. The van der Waals surface area contributed by atoms with Gasteiger partial charge in [-0.3, -0.25) is 14.4 Å². The van der Waals surface area contributed by atoms with Crippen LogP contribution in [0, 0.1) is 6.92 Å². The number of nitrogens with zero attached hydrogens (tertiary/aromatic N) is 2. The van der Waals surface area contributed by atoms with Crippen LogP contribution in [-0.4, -0.2) is 35.3 Å². The van der Waals surface area contributed by atoms with Crippen LogP contribution in [0.4, 0.5) is 10.8 Å². The lowest BCUT2D eigenvalue weighted by Crippen LogP contribution is -2.45. The van der Waals surface area contributed by atoms with Crippen molar-refractivity contribution in [3.8, 4) is 0 Å². The summed E-state index contributed by atoms with van der Waals surface area (Å²) in [5.74, 6) is -0.903. The Morgan fingerprint density at radius 1 is 1.09 bits per heavy atom. The van der Waals surface area contributed by atoms with Gasteiger partial charge in [0.25, 0.3) is 0 Å². The second kappa shape index (κ2) is 11.6. The van der Waals surface area contributed by atoms with Crippen molar-refractivity contribution < 1.29 is 14.4 Å². The molecule has 0 spiro atoms. The van der Waals surface area contributed by atoms with E-state index < -0.39 is 0 Å². The first kappa shape index (κ1) is 24.5. The summed E-state index contributed by atoms with van der Waals surface area (Å²) in [5, 5.41) is 8.67. The zero-order chi connectivity index (χ0) is 23.1. The zero-order valence-corrected chi connectivity index (χ0v) is 20.2. The molecule has 1 aliphatic carbocycles. The van der Waals surface area contributed by atoms with E-state index in [2.05, 4.69) is 15.6 Å². The molecule has 7 nitrogen and oxygen atoms in total. The number of benzene rings is 1. The van der Waals surface area contributed by atoms with Crippen molar-refractivity contribution in [2.45, 2.75) is 57.9 Å². The number of rotatable bonds is 8. The summed E-state index contributed by atoms with van der Waals surface area (Å²) in [4.78, 5) is 43.5. The highest BCUT2D eigenvalue weighted by atomic mass is 35.5. The van der Waals surface area contributed by atoms with E-state index in [4.69, 9.17) is 23.2 Å². The van der Waals surface area contributed by atoms with Crippen LogP contribution >= 0.6 is 34.5 Å². The smallest absolute Gasteiger partial charge is 0.240 e. The molecule has 0 saturated heterocycles.